The maximum absolute atomic E-state index is 12.2. The quantitative estimate of drug-likeness (QED) is 0.650. The molecule has 9 nitrogen and oxygen atoms in total. The van der Waals surface area contributed by atoms with Crippen molar-refractivity contribution in [2.45, 2.75) is 0 Å². The number of nitro groups is 2. The monoisotopic (exact) mass is 351 g/mol. The van der Waals surface area contributed by atoms with E-state index in [9.17, 15) is 25.0 Å². The average molecular weight is 352 g/mol. The predicted molar refractivity (Wildman–Crippen MR) is 85.7 cm³/mol. The van der Waals surface area contributed by atoms with Crippen molar-refractivity contribution >= 4 is 34.6 Å². The summed E-state index contributed by atoms with van der Waals surface area (Å²) in [5, 5.41) is 24.0. The fourth-order valence-corrected chi connectivity index (χ4v) is 2.17. The molecule has 2 aromatic carbocycles. The Bertz CT molecular complexity index is 839. The van der Waals surface area contributed by atoms with Crippen LogP contribution in [-0.2, 0) is 0 Å². The molecule has 0 atom stereocenters. The van der Waals surface area contributed by atoms with E-state index in [1.165, 1.54) is 25.3 Å². The van der Waals surface area contributed by atoms with Crippen molar-refractivity contribution in [2.75, 3.05) is 12.4 Å². The zero-order valence-corrected chi connectivity index (χ0v) is 12.9. The van der Waals surface area contributed by atoms with Crippen LogP contribution in [0, 0.1) is 20.2 Å². The van der Waals surface area contributed by atoms with Gasteiger partial charge in [0, 0.05) is 23.9 Å². The lowest BCUT2D eigenvalue weighted by Gasteiger charge is -2.08. The number of carbonyl (C=O) groups is 1. The molecule has 2 rings (SSSR count). The van der Waals surface area contributed by atoms with E-state index >= 15 is 0 Å². The van der Waals surface area contributed by atoms with Crippen molar-refractivity contribution < 1.29 is 19.4 Å². The van der Waals surface area contributed by atoms with Gasteiger partial charge in [0.05, 0.1) is 27.5 Å². The summed E-state index contributed by atoms with van der Waals surface area (Å²) in [5.41, 5.74) is -0.413. The van der Waals surface area contributed by atoms with Gasteiger partial charge in [-0.2, -0.15) is 0 Å². The maximum Gasteiger partial charge on any atom is 0.312 e. The van der Waals surface area contributed by atoms with Gasteiger partial charge in [0.15, 0.2) is 5.75 Å². The van der Waals surface area contributed by atoms with Gasteiger partial charge in [-0.25, -0.2) is 0 Å². The molecule has 0 aliphatic carbocycles. The van der Waals surface area contributed by atoms with Crippen molar-refractivity contribution in [3.63, 3.8) is 0 Å². The number of halogens is 1. The Kier molecular flexibility index (Phi) is 4.95. The third kappa shape index (κ3) is 3.58. The molecule has 0 aliphatic heterocycles. The number of nitro benzene ring substituents is 2. The van der Waals surface area contributed by atoms with Crippen LogP contribution in [0.15, 0.2) is 36.4 Å². The molecular weight excluding hydrogens is 342 g/mol. The molecule has 0 saturated carbocycles. The Morgan fingerprint density at radius 3 is 2.38 bits per heavy atom. The Labute approximate surface area is 140 Å². The summed E-state index contributed by atoms with van der Waals surface area (Å²) in [6.07, 6.45) is 0. The minimum atomic E-state index is -0.658. The number of hydrogen-bond donors (Lipinski definition) is 1. The average Bonchev–Trinajstić information content (AvgIpc) is 2.54. The number of hydrogen-bond acceptors (Lipinski definition) is 6. The highest BCUT2D eigenvalue weighted by atomic mass is 35.5. The van der Waals surface area contributed by atoms with Gasteiger partial charge in [-0.3, -0.25) is 25.0 Å². The number of benzene rings is 2. The van der Waals surface area contributed by atoms with Crippen molar-refractivity contribution in [3.8, 4) is 5.75 Å². The third-order valence-electron chi connectivity index (χ3n) is 3.04. The number of carbonyl (C=O) groups excluding carboxylic acids is 1. The van der Waals surface area contributed by atoms with Gasteiger partial charge in [-0.1, -0.05) is 11.6 Å². The summed E-state index contributed by atoms with van der Waals surface area (Å²) in [6, 6.07) is 7.28. The van der Waals surface area contributed by atoms with E-state index < -0.39 is 15.8 Å². The molecular formula is C14H10ClN3O6. The Morgan fingerprint density at radius 2 is 1.83 bits per heavy atom. The fourth-order valence-electron chi connectivity index (χ4n) is 1.91. The zero-order valence-electron chi connectivity index (χ0n) is 12.2. The Hall–Kier alpha value is -3.20. The third-order valence-corrected chi connectivity index (χ3v) is 3.35. The first-order valence-electron chi connectivity index (χ1n) is 6.41. The second-order valence-corrected chi connectivity index (χ2v) is 4.93. The smallest absolute Gasteiger partial charge is 0.312 e. The molecule has 0 spiro atoms. The van der Waals surface area contributed by atoms with Crippen molar-refractivity contribution in [1.29, 1.82) is 0 Å². The highest BCUT2D eigenvalue weighted by Crippen LogP contribution is 2.30. The summed E-state index contributed by atoms with van der Waals surface area (Å²) in [4.78, 5) is 32.5. The van der Waals surface area contributed by atoms with E-state index in [2.05, 4.69) is 5.32 Å². The first-order valence-corrected chi connectivity index (χ1v) is 6.79. The molecule has 24 heavy (non-hydrogen) atoms. The molecule has 0 fully saturated rings. The van der Waals surface area contributed by atoms with Gasteiger partial charge in [0.2, 0.25) is 0 Å². The lowest BCUT2D eigenvalue weighted by Crippen LogP contribution is -2.13. The van der Waals surface area contributed by atoms with Crippen LogP contribution in [0.5, 0.6) is 5.75 Å². The molecule has 2 aromatic rings. The van der Waals surface area contributed by atoms with E-state index in [4.69, 9.17) is 16.3 Å². The molecule has 0 aliphatic rings. The second-order valence-electron chi connectivity index (χ2n) is 4.52. The number of nitrogens with one attached hydrogen (secondary N) is 1. The summed E-state index contributed by atoms with van der Waals surface area (Å²) < 4.78 is 4.87. The lowest BCUT2D eigenvalue weighted by atomic mass is 10.2. The summed E-state index contributed by atoms with van der Waals surface area (Å²) in [5.74, 6) is -0.610. The molecule has 0 bridgehead atoms. The standard InChI is InChI=1S/C14H10ClN3O6/c1-24-13-5-2-8(6-12(13)18(22)23)16-14(19)10-4-3-9(17(20)21)7-11(10)15/h2-7H,1H3,(H,16,19). The van der Waals surface area contributed by atoms with E-state index in [1.807, 2.05) is 0 Å². The summed E-state index contributed by atoms with van der Waals surface area (Å²) in [7, 11) is 1.29. The van der Waals surface area contributed by atoms with E-state index in [0.29, 0.717) is 0 Å². The summed E-state index contributed by atoms with van der Waals surface area (Å²) in [6.45, 7) is 0. The molecule has 124 valence electrons. The van der Waals surface area contributed by atoms with Crippen LogP contribution in [0.4, 0.5) is 17.1 Å². The molecule has 0 radical (unpaired) electrons. The predicted octanol–water partition coefficient (Wildman–Crippen LogP) is 3.42. The number of non-ortho nitro benzene ring substituents is 1. The molecule has 1 amide bonds. The van der Waals surface area contributed by atoms with Gasteiger partial charge in [0.1, 0.15) is 0 Å². The zero-order chi connectivity index (χ0) is 17.9. The molecule has 0 heterocycles. The normalized spacial score (nSPS) is 10.1. The lowest BCUT2D eigenvalue weighted by molar-refractivity contribution is -0.385. The number of nitrogens with zero attached hydrogens (tertiary/aromatic N) is 2. The first kappa shape index (κ1) is 17.2. The van der Waals surface area contributed by atoms with Crippen LogP contribution >= 0.6 is 11.6 Å². The highest BCUT2D eigenvalue weighted by molar-refractivity contribution is 6.34. The Balaban J connectivity index is 2.28. The van der Waals surface area contributed by atoms with E-state index in [-0.39, 0.29) is 33.4 Å². The number of methoxy groups -OCH3 is 1. The summed E-state index contributed by atoms with van der Waals surface area (Å²) >= 11 is 5.87. The van der Waals surface area contributed by atoms with Gasteiger partial charge in [-0.15, -0.1) is 0 Å². The van der Waals surface area contributed by atoms with E-state index in [0.717, 1.165) is 18.2 Å². The van der Waals surface area contributed by atoms with Crippen LogP contribution in [0.2, 0.25) is 5.02 Å². The fraction of sp³-hybridized carbons (Fsp3) is 0.0714. The van der Waals surface area contributed by atoms with Gasteiger partial charge >= 0.3 is 5.69 Å². The minimum Gasteiger partial charge on any atom is -0.490 e. The topological polar surface area (TPSA) is 125 Å². The SMILES string of the molecule is COc1ccc(NC(=O)c2ccc([N+](=O)[O-])cc2Cl)cc1[N+](=O)[O-]. The van der Waals surface area contributed by atoms with Crippen LogP contribution < -0.4 is 10.1 Å². The van der Waals surface area contributed by atoms with Crippen LogP contribution in [0.3, 0.4) is 0 Å². The van der Waals surface area contributed by atoms with Crippen LogP contribution in [0.1, 0.15) is 10.4 Å². The molecule has 0 saturated heterocycles. The number of anilines is 1. The minimum absolute atomic E-state index is 0.000683. The van der Waals surface area contributed by atoms with Crippen LogP contribution in [0.25, 0.3) is 0 Å². The van der Waals surface area contributed by atoms with Crippen molar-refractivity contribution in [3.05, 3.63) is 67.2 Å². The van der Waals surface area contributed by atoms with Gasteiger partial charge in [0.25, 0.3) is 11.6 Å². The molecule has 10 heteroatoms. The second kappa shape index (κ2) is 6.92. The van der Waals surface area contributed by atoms with Gasteiger partial charge in [-0.05, 0) is 18.2 Å². The van der Waals surface area contributed by atoms with Gasteiger partial charge < -0.3 is 10.1 Å². The Morgan fingerprint density at radius 1 is 1.12 bits per heavy atom. The number of ether oxygens (including phenoxy) is 1. The molecule has 0 unspecified atom stereocenters. The largest absolute Gasteiger partial charge is 0.490 e. The van der Waals surface area contributed by atoms with Crippen molar-refractivity contribution in [2.24, 2.45) is 0 Å². The first-order chi connectivity index (χ1) is 11.3. The molecule has 1 N–H and O–H groups in total. The number of rotatable bonds is 5. The van der Waals surface area contributed by atoms with Crippen molar-refractivity contribution in [1.82, 2.24) is 0 Å². The molecule has 0 aromatic heterocycles. The van der Waals surface area contributed by atoms with Crippen LogP contribution in [-0.4, -0.2) is 22.9 Å². The maximum atomic E-state index is 12.2. The van der Waals surface area contributed by atoms with E-state index in [1.54, 1.807) is 0 Å². The number of amides is 1. The highest BCUT2D eigenvalue weighted by Gasteiger charge is 2.18.